The van der Waals surface area contributed by atoms with E-state index in [1.165, 1.54) is 6.20 Å². The fraction of sp³-hybridized carbons (Fsp3) is 0.182. The molecule has 0 aliphatic heterocycles. The maximum atomic E-state index is 12.7. The third-order valence-electron chi connectivity index (χ3n) is 2.60. The number of nitrogen functional groups attached to an aromatic ring is 1. The van der Waals surface area contributed by atoms with Gasteiger partial charge in [0.1, 0.15) is 11.4 Å². The summed E-state index contributed by atoms with van der Waals surface area (Å²) in [7, 11) is 1.05. The molecule has 1 aromatic heterocycles. The van der Waals surface area contributed by atoms with Gasteiger partial charge in [-0.15, -0.1) is 0 Å². The Morgan fingerprint density at radius 3 is 2.47 bits per heavy atom. The monoisotopic (exact) mass is 273 g/mol. The van der Waals surface area contributed by atoms with Crippen molar-refractivity contribution >= 4 is 5.82 Å². The average Bonchev–Trinajstić information content (AvgIpc) is 2.73. The molecule has 102 valence electrons. The predicted molar refractivity (Wildman–Crippen MR) is 61.7 cm³/mol. The number of aromatic nitrogens is 2. The van der Waals surface area contributed by atoms with Crippen LogP contribution in [0.5, 0.6) is 11.5 Å². The lowest BCUT2D eigenvalue weighted by Gasteiger charge is -2.15. The van der Waals surface area contributed by atoms with Crippen molar-refractivity contribution < 1.29 is 23.0 Å². The number of anilines is 1. The number of ether oxygens (including phenoxy) is 1. The standard InChI is InChI=1S/C11H10F3N3O2/c1-19-9-7(11(12,13)14)3-2-5(8(9)18)6-4-16-17-10(6)15/h2-4,18H,1H3,(H3,15,16,17). The van der Waals surface area contributed by atoms with Gasteiger partial charge in [0.15, 0.2) is 11.5 Å². The van der Waals surface area contributed by atoms with Gasteiger partial charge < -0.3 is 15.6 Å². The van der Waals surface area contributed by atoms with Gasteiger partial charge in [-0.05, 0) is 12.1 Å². The number of alkyl halides is 3. The number of nitrogens with one attached hydrogen (secondary N) is 1. The fourth-order valence-electron chi connectivity index (χ4n) is 1.73. The Labute approximate surface area is 105 Å². The summed E-state index contributed by atoms with van der Waals surface area (Å²) in [5.41, 5.74) is 4.91. The van der Waals surface area contributed by atoms with E-state index < -0.39 is 23.2 Å². The van der Waals surface area contributed by atoms with Crippen molar-refractivity contribution in [2.75, 3.05) is 12.8 Å². The first-order valence-electron chi connectivity index (χ1n) is 5.12. The molecule has 0 aliphatic carbocycles. The van der Waals surface area contributed by atoms with Crippen molar-refractivity contribution in [1.82, 2.24) is 10.2 Å². The lowest BCUT2D eigenvalue weighted by atomic mass is 10.0. The number of phenols is 1. The second kappa shape index (κ2) is 4.38. The Kier molecular flexibility index (Phi) is 3.01. The maximum Gasteiger partial charge on any atom is 0.420 e. The quantitative estimate of drug-likeness (QED) is 0.784. The van der Waals surface area contributed by atoms with Crippen molar-refractivity contribution in [3.05, 3.63) is 23.9 Å². The number of rotatable bonds is 2. The largest absolute Gasteiger partial charge is 0.504 e. The zero-order chi connectivity index (χ0) is 14.2. The highest BCUT2D eigenvalue weighted by Crippen LogP contribution is 2.46. The molecular formula is C11H10F3N3O2. The zero-order valence-corrected chi connectivity index (χ0v) is 9.75. The lowest BCUT2D eigenvalue weighted by molar-refractivity contribution is -0.138. The zero-order valence-electron chi connectivity index (χ0n) is 9.75. The van der Waals surface area contributed by atoms with Crippen LogP contribution in [-0.4, -0.2) is 22.4 Å². The van der Waals surface area contributed by atoms with E-state index in [0.717, 1.165) is 19.2 Å². The van der Waals surface area contributed by atoms with Crippen LogP contribution in [0.2, 0.25) is 0 Å². The highest BCUT2D eigenvalue weighted by atomic mass is 19.4. The van der Waals surface area contributed by atoms with Crippen LogP contribution in [0.4, 0.5) is 19.0 Å². The van der Waals surface area contributed by atoms with Crippen LogP contribution < -0.4 is 10.5 Å². The SMILES string of the molecule is COc1c(C(F)(F)F)ccc(-c2cn[nH]c2N)c1O. The molecule has 0 spiro atoms. The summed E-state index contributed by atoms with van der Waals surface area (Å²) in [5, 5.41) is 16.0. The molecule has 0 saturated heterocycles. The summed E-state index contributed by atoms with van der Waals surface area (Å²) in [5.74, 6) is -1.15. The van der Waals surface area contributed by atoms with Crippen LogP contribution in [-0.2, 0) is 6.18 Å². The minimum absolute atomic E-state index is 0.108. The molecule has 0 atom stereocenters. The predicted octanol–water partition coefficient (Wildman–Crippen LogP) is 2.39. The maximum absolute atomic E-state index is 12.7. The summed E-state index contributed by atoms with van der Waals surface area (Å²) in [6.07, 6.45) is -3.32. The normalized spacial score (nSPS) is 11.6. The molecule has 1 heterocycles. The van der Waals surface area contributed by atoms with Crippen LogP contribution in [0.3, 0.4) is 0 Å². The first-order valence-corrected chi connectivity index (χ1v) is 5.12. The van der Waals surface area contributed by atoms with Crippen LogP contribution in [0.15, 0.2) is 18.3 Å². The third-order valence-corrected chi connectivity index (χ3v) is 2.60. The van der Waals surface area contributed by atoms with E-state index in [0.29, 0.717) is 5.56 Å². The number of nitrogens with zero attached hydrogens (tertiary/aromatic N) is 1. The summed E-state index contributed by atoms with van der Waals surface area (Å²) >= 11 is 0. The van der Waals surface area contributed by atoms with Crippen molar-refractivity contribution in [2.24, 2.45) is 0 Å². The lowest BCUT2D eigenvalue weighted by Crippen LogP contribution is -2.07. The number of hydrogen-bond donors (Lipinski definition) is 3. The van der Waals surface area contributed by atoms with Crippen LogP contribution in [0.25, 0.3) is 11.1 Å². The molecule has 8 heteroatoms. The van der Waals surface area contributed by atoms with Gasteiger partial charge in [0, 0.05) is 11.1 Å². The minimum atomic E-state index is -4.62. The van der Waals surface area contributed by atoms with E-state index in [4.69, 9.17) is 5.73 Å². The van der Waals surface area contributed by atoms with Gasteiger partial charge in [-0.3, -0.25) is 5.10 Å². The molecule has 4 N–H and O–H groups in total. The molecule has 0 fully saturated rings. The van der Waals surface area contributed by atoms with E-state index in [-0.39, 0.29) is 11.4 Å². The van der Waals surface area contributed by atoms with E-state index in [1.54, 1.807) is 0 Å². The van der Waals surface area contributed by atoms with Crippen molar-refractivity contribution in [1.29, 1.82) is 0 Å². The summed E-state index contributed by atoms with van der Waals surface area (Å²) < 4.78 is 42.8. The number of halogens is 3. The van der Waals surface area contributed by atoms with Crippen molar-refractivity contribution in [2.45, 2.75) is 6.18 Å². The average molecular weight is 273 g/mol. The molecule has 0 amide bonds. The minimum Gasteiger partial charge on any atom is -0.504 e. The van der Waals surface area contributed by atoms with Crippen LogP contribution >= 0.6 is 0 Å². The number of hydrogen-bond acceptors (Lipinski definition) is 4. The topological polar surface area (TPSA) is 84.2 Å². The van der Waals surface area contributed by atoms with E-state index in [1.807, 2.05) is 0 Å². The smallest absolute Gasteiger partial charge is 0.420 e. The molecule has 2 aromatic rings. The molecule has 0 unspecified atom stereocenters. The van der Waals surface area contributed by atoms with Crippen LogP contribution in [0, 0.1) is 0 Å². The number of nitrogens with two attached hydrogens (primary N) is 1. The number of H-pyrrole nitrogens is 1. The molecule has 19 heavy (non-hydrogen) atoms. The molecular weight excluding hydrogens is 263 g/mol. The van der Waals surface area contributed by atoms with Gasteiger partial charge in [0.25, 0.3) is 0 Å². The molecule has 0 bridgehead atoms. The Bertz CT molecular complexity index is 608. The Hall–Kier alpha value is -2.38. The Balaban J connectivity index is 2.66. The molecule has 0 saturated carbocycles. The molecule has 5 nitrogen and oxygen atoms in total. The van der Waals surface area contributed by atoms with Crippen molar-refractivity contribution in [3.8, 4) is 22.6 Å². The van der Waals surface area contributed by atoms with Crippen LogP contribution in [0.1, 0.15) is 5.56 Å². The first-order chi connectivity index (χ1) is 8.86. The summed E-state index contributed by atoms with van der Waals surface area (Å²) in [4.78, 5) is 0. The van der Waals surface area contributed by atoms with Gasteiger partial charge in [-0.2, -0.15) is 18.3 Å². The number of phenolic OH excluding ortho intramolecular Hbond substituents is 1. The first kappa shape index (κ1) is 13.1. The van der Waals surface area contributed by atoms with E-state index in [9.17, 15) is 18.3 Å². The Morgan fingerprint density at radius 2 is 2.00 bits per heavy atom. The summed E-state index contributed by atoms with van der Waals surface area (Å²) in [6, 6.07) is 1.93. The molecule has 2 rings (SSSR count). The highest BCUT2D eigenvalue weighted by Gasteiger charge is 2.36. The second-order valence-electron chi connectivity index (χ2n) is 3.74. The van der Waals surface area contributed by atoms with E-state index in [2.05, 4.69) is 14.9 Å². The van der Waals surface area contributed by atoms with Gasteiger partial charge in [0.2, 0.25) is 0 Å². The van der Waals surface area contributed by atoms with Gasteiger partial charge in [-0.25, -0.2) is 0 Å². The molecule has 0 radical (unpaired) electrons. The molecule has 0 aliphatic rings. The summed E-state index contributed by atoms with van der Waals surface area (Å²) in [6.45, 7) is 0. The van der Waals surface area contributed by atoms with Gasteiger partial charge in [0.05, 0.1) is 13.3 Å². The number of methoxy groups -OCH3 is 1. The van der Waals surface area contributed by atoms with Gasteiger partial charge in [-0.1, -0.05) is 0 Å². The third kappa shape index (κ3) is 2.16. The molecule has 1 aromatic carbocycles. The number of benzene rings is 1. The van der Waals surface area contributed by atoms with E-state index >= 15 is 0 Å². The number of aromatic hydroxyl groups is 1. The fourth-order valence-corrected chi connectivity index (χ4v) is 1.73. The van der Waals surface area contributed by atoms with Crippen molar-refractivity contribution in [3.63, 3.8) is 0 Å². The number of aromatic amines is 1. The van der Waals surface area contributed by atoms with Gasteiger partial charge >= 0.3 is 6.18 Å². The Morgan fingerprint density at radius 1 is 1.32 bits per heavy atom. The second-order valence-corrected chi connectivity index (χ2v) is 3.74. The highest BCUT2D eigenvalue weighted by molar-refractivity contribution is 5.80.